The van der Waals surface area contributed by atoms with Crippen molar-refractivity contribution in [1.82, 2.24) is 19.9 Å². The molecule has 0 aliphatic heterocycles. The van der Waals surface area contributed by atoms with Crippen LogP contribution in [-0.2, 0) is 0 Å². The zero-order chi connectivity index (χ0) is 19.9. The number of aromatic nitrogens is 3. The van der Waals surface area contributed by atoms with Gasteiger partial charge < -0.3 is 15.5 Å². The Morgan fingerprint density at radius 2 is 1.82 bits per heavy atom. The van der Waals surface area contributed by atoms with Gasteiger partial charge in [0.25, 0.3) is 0 Å². The van der Waals surface area contributed by atoms with Gasteiger partial charge in [-0.05, 0) is 51.3 Å². The zero-order valence-corrected chi connectivity index (χ0v) is 15.8. The normalized spacial score (nSPS) is 10.9. The van der Waals surface area contributed by atoms with Gasteiger partial charge >= 0.3 is 0 Å². The first kappa shape index (κ1) is 19.6. The summed E-state index contributed by atoms with van der Waals surface area (Å²) < 4.78 is 26.7. The maximum absolute atomic E-state index is 13.5. The first-order valence-corrected chi connectivity index (χ1v) is 8.92. The number of hydrogen-bond donors (Lipinski definition) is 2. The molecule has 2 aromatic heterocycles. The molecule has 0 saturated carbocycles. The number of benzene rings is 1. The predicted molar refractivity (Wildman–Crippen MR) is 107 cm³/mol. The van der Waals surface area contributed by atoms with Crippen LogP contribution in [0.3, 0.4) is 0 Å². The van der Waals surface area contributed by atoms with E-state index in [9.17, 15) is 8.78 Å². The summed E-state index contributed by atoms with van der Waals surface area (Å²) in [6, 6.07) is 10.9. The molecule has 0 amide bonds. The molecule has 2 N–H and O–H groups in total. The summed E-state index contributed by atoms with van der Waals surface area (Å²) >= 11 is 0. The third kappa shape index (κ3) is 5.43. The molecule has 0 fully saturated rings. The smallest absolute Gasteiger partial charge is 0.225 e. The van der Waals surface area contributed by atoms with E-state index in [-0.39, 0.29) is 0 Å². The molecule has 6 nitrogen and oxygen atoms in total. The minimum Gasteiger partial charge on any atom is -0.354 e. The highest BCUT2D eigenvalue weighted by atomic mass is 19.2. The molecule has 0 unspecified atom stereocenters. The Hall–Kier alpha value is -3.13. The number of hydrogen-bond acceptors (Lipinski definition) is 6. The first-order valence-electron chi connectivity index (χ1n) is 8.92. The quantitative estimate of drug-likeness (QED) is 0.574. The number of nitrogens with one attached hydrogen (secondary N) is 2. The Labute approximate surface area is 162 Å². The van der Waals surface area contributed by atoms with Crippen LogP contribution in [0.4, 0.5) is 26.2 Å². The van der Waals surface area contributed by atoms with E-state index < -0.39 is 11.6 Å². The second kappa shape index (κ2) is 9.18. The van der Waals surface area contributed by atoms with Gasteiger partial charge in [0, 0.05) is 30.6 Å². The third-order valence-corrected chi connectivity index (χ3v) is 3.91. The SMILES string of the molecule is CN(C)CCCNc1nc(Nc2ccc(F)c(F)c2)cc(-c2ccccn2)n1. The summed E-state index contributed by atoms with van der Waals surface area (Å²) in [5.74, 6) is -0.930. The monoisotopic (exact) mass is 384 g/mol. The summed E-state index contributed by atoms with van der Waals surface area (Å²) in [5.41, 5.74) is 1.70. The van der Waals surface area contributed by atoms with E-state index in [1.165, 1.54) is 6.07 Å². The van der Waals surface area contributed by atoms with Crippen molar-refractivity contribution in [2.24, 2.45) is 0 Å². The second-order valence-corrected chi connectivity index (χ2v) is 6.51. The number of anilines is 3. The Kier molecular flexibility index (Phi) is 6.44. The summed E-state index contributed by atoms with van der Waals surface area (Å²) in [6.07, 6.45) is 2.61. The van der Waals surface area contributed by atoms with E-state index in [4.69, 9.17) is 0 Å². The van der Waals surface area contributed by atoms with Gasteiger partial charge in [-0.1, -0.05) is 6.07 Å². The molecule has 8 heteroatoms. The largest absolute Gasteiger partial charge is 0.354 e. The van der Waals surface area contributed by atoms with E-state index in [1.54, 1.807) is 12.3 Å². The molecule has 146 valence electrons. The predicted octanol–water partition coefficient (Wildman–Crippen LogP) is 3.92. The second-order valence-electron chi connectivity index (χ2n) is 6.51. The summed E-state index contributed by atoms with van der Waals surface area (Å²) in [5, 5.41) is 6.20. The average molecular weight is 384 g/mol. The minimum atomic E-state index is -0.925. The number of pyridine rings is 1. The first-order chi connectivity index (χ1) is 13.5. The van der Waals surface area contributed by atoms with Crippen molar-refractivity contribution in [2.75, 3.05) is 37.8 Å². The van der Waals surface area contributed by atoms with Crippen molar-refractivity contribution in [3.8, 4) is 11.4 Å². The van der Waals surface area contributed by atoms with Crippen molar-refractivity contribution in [3.05, 3.63) is 60.3 Å². The molecule has 0 saturated heterocycles. The van der Waals surface area contributed by atoms with Gasteiger partial charge in [-0.3, -0.25) is 4.98 Å². The molecule has 0 spiro atoms. The van der Waals surface area contributed by atoms with Gasteiger partial charge in [0.1, 0.15) is 5.82 Å². The van der Waals surface area contributed by atoms with Crippen LogP contribution in [0.5, 0.6) is 0 Å². The zero-order valence-electron chi connectivity index (χ0n) is 15.8. The van der Waals surface area contributed by atoms with Crippen molar-refractivity contribution in [2.45, 2.75) is 6.42 Å². The van der Waals surface area contributed by atoms with Crippen molar-refractivity contribution >= 4 is 17.5 Å². The van der Waals surface area contributed by atoms with Gasteiger partial charge in [-0.2, -0.15) is 4.98 Å². The van der Waals surface area contributed by atoms with Gasteiger partial charge in [-0.15, -0.1) is 0 Å². The number of rotatable bonds is 8. The van der Waals surface area contributed by atoms with E-state index >= 15 is 0 Å². The summed E-state index contributed by atoms with van der Waals surface area (Å²) in [4.78, 5) is 15.4. The van der Waals surface area contributed by atoms with Crippen LogP contribution in [0, 0.1) is 11.6 Å². The molecule has 0 atom stereocenters. The Balaban J connectivity index is 1.85. The van der Waals surface area contributed by atoms with Crippen LogP contribution in [0.2, 0.25) is 0 Å². The summed E-state index contributed by atoms with van der Waals surface area (Å²) in [7, 11) is 4.03. The topological polar surface area (TPSA) is 66.0 Å². The molecule has 28 heavy (non-hydrogen) atoms. The maximum Gasteiger partial charge on any atom is 0.225 e. The van der Waals surface area contributed by atoms with Crippen LogP contribution in [0.15, 0.2) is 48.7 Å². The standard InChI is InChI=1S/C20H22F2N6/c1-28(2)11-5-10-24-20-26-18(17-6-3-4-9-23-17)13-19(27-20)25-14-7-8-15(21)16(22)12-14/h3-4,6-9,12-13H,5,10-11H2,1-2H3,(H2,24,25,26,27). The molecule has 3 rings (SSSR count). The molecule has 1 aromatic carbocycles. The number of nitrogens with zero attached hydrogens (tertiary/aromatic N) is 4. The average Bonchev–Trinajstić information content (AvgIpc) is 2.68. The molecular formula is C20H22F2N6. The van der Waals surface area contributed by atoms with Crippen LogP contribution < -0.4 is 10.6 Å². The lowest BCUT2D eigenvalue weighted by atomic mass is 10.2. The molecule has 0 bridgehead atoms. The van der Waals surface area contributed by atoms with Crippen LogP contribution >= 0.6 is 0 Å². The Morgan fingerprint density at radius 3 is 2.54 bits per heavy atom. The van der Waals surface area contributed by atoms with Crippen LogP contribution in [-0.4, -0.2) is 47.0 Å². The molecule has 0 radical (unpaired) electrons. The van der Waals surface area contributed by atoms with Gasteiger partial charge in [0.15, 0.2) is 11.6 Å². The fraction of sp³-hybridized carbons (Fsp3) is 0.250. The van der Waals surface area contributed by atoms with Gasteiger partial charge in [0.2, 0.25) is 5.95 Å². The van der Waals surface area contributed by atoms with Crippen LogP contribution in [0.1, 0.15) is 6.42 Å². The molecule has 0 aliphatic rings. The lowest BCUT2D eigenvalue weighted by Gasteiger charge is -2.12. The van der Waals surface area contributed by atoms with E-state index in [1.807, 2.05) is 32.3 Å². The molecule has 2 heterocycles. The highest BCUT2D eigenvalue weighted by molar-refractivity contribution is 5.65. The third-order valence-electron chi connectivity index (χ3n) is 3.91. The molecule has 0 aliphatic carbocycles. The maximum atomic E-state index is 13.5. The lowest BCUT2D eigenvalue weighted by molar-refractivity contribution is 0.405. The van der Waals surface area contributed by atoms with Crippen molar-refractivity contribution in [1.29, 1.82) is 0 Å². The summed E-state index contributed by atoms with van der Waals surface area (Å²) in [6.45, 7) is 1.64. The van der Waals surface area contributed by atoms with Gasteiger partial charge in [0.05, 0.1) is 11.4 Å². The Morgan fingerprint density at radius 1 is 0.964 bits per heavy atom. The molecule has 3 aromatic rings. The highest BCUT2D eigenvalue weighted by Crippen LogP contribution is 2.23. The van der Waals surface area contributed by atoms with Gasteiger partial charge in [-0.25, -0.2) is 13.8 Å². The van der Waals surface area contributed by atoms with E-state index in [2.05, 4.69) is 30.5 Å². The van der Waals surface area contributed by atoms with Crippen molar-refractivity contribution in [3.63, 3.8) is 0 Å². The van der Waals surface area contributed by atoms with E-state index in [0.29, 0.717) is 35.4 Å². The lowest BCUT2D eigenvalue weighted by Crippen LogP contribution is -2.17. The van der Waals surface area contributed by atoms with Crippen molar-refractivity contribution < 1.29 is 8.78 Å². The minimum absolute atomic E-state index is 0.392. The highest BCUT2D eigenvalue weighted by Gasteiger charge is 2.09. The Bertz CT molecular complexity index is 918. The number of halogens is 2. The van der Waals surface area contributed by atoms with E-state index in [0.717, 1.165) is 25.1 Å². The molecular weight excluding hydrogens is 362 g/mol. The fourth-order valence-electron chi connectivity index (χ4n) is 2.55. The fourth-order valence-corrected chi connectivity index (χ4v) is 2.55. The van der Waals surface area contributed by atoms with Crippen LogP contribution in [0.25, 0.3) is 11.4 Å².